The molecule has 0 bridgehead atoms. The summed E-state index contributed by atoms with van der Waals surface area (Å²) < 4.78 is 25.0. The molecule has 2 atom stereocenters. The van der Waals surface area contributed by atoms with Crippen molar-refractivity contribution in [2.75, 3.05) is 63.3 Å². The number of methoxy groups -OCH3 is 1. The lowest BCUT2D eigenvalue weighted by molar-refractivity contribution is -0.148. The van der Waals surface area contributed by atoms with Crippen molar-refractivity contribution >= 4 is 46.5 Å². The minimum atomic E-state index is -1.04. The fourth-order valence-corrected chi connectivity index (χ4v) is 7.00. The summed E-state index contributed by atoms with van der Waals surface area (Å²) in [5.74, 6) is -1.96. The van der Waals surface area contributed by atoms with Gasteiger partial charge in [-0.15, -0.1) is 0 Å². The first-order chi connectivity index (χ1) is 23.3. The minimum absolute atomic E-state index is 0.0269. The second-order valence-electron chi connectivity index (χ2n) is 12.2. The van der Waals surface area contributed by atoms with Crippen molar-refractivity contribution in [1.29, 1.82) is 0 Å². The minimum Gasteiger partial charge on any atom is -0.465 e. The normalized spacial score (nSPS) is 21.1. The zero-order chi connectivity index (χ0) is 33.4. The second kappa shape index (κ2) is 13.5. The molecule has 4 aliphatic heterocycles. The molecule has 0 radical (unpaired) electrons. The van der Waals surface area contributed by atoms with E-state index in [9.17, 15) is 18.8 Å². The number of hydrogen-bond acceptors (Lipinski definition) is 9. The number of anilines is 2. The molecule has 2 fully saturated rings. The summed E-state index contributed by atoms with van der Waals surface area (Å²) in [5.41, 5.74) is 4.05. The Balaban J connectivity index is 1.15. The Hall–Kier alpha value is -4.52. The predicted molar refractivity (Wildman–Crippen MR) is 177 cm³/mol. The summed E-state index contributed by atoms with van der Waals surface area (Å²) in [5, 5.41) is 6.92. The molecule has 4 aliphatic rings. The maximum absolute atomic E-state index is 14.8. The molecule has 1 N–H and O–H groups in total. The summed E-state index contributed by atoms with van der Waals surface area (Å²) in [4.78, 5) is 52.2. The van der Waals surface area contributed by atoms with Gasteiger partial charge < -0.3 is 29.4 Å². The molecule has 48 heavy (non-hydrogen) atoms. The SMILES string of the molecule is COC(=O)c1ccc(NC(=O)C2c3cccc(N4CCN(C5COC5)CC4)c3CCN2C(=O)C2CC(c3cccc(Cl)c3F)=NO2)cc1. The van der Waals surface area contributed by atoms with Gasteiger partial charge in [0.2, 0.25) is 6.10 Å². The number of hydrogen-bond donors (Lipinski definition) is 1. The van der Waals surface area contributed by atoms with Gasteiger partial charge in [0.25, 0.3) is 11.8 Å². The van der Waals surface area contributed by atoms with E-state index in [1.807, 2.05) is 12.1 Å². The fourth-order valence-electron chi connectivity index (χ4n) is 6.83. The number of carbonyl (C=O) groups excluding carboxylic acids is 3. The van der Waals surface area contributed by atoms with Crippen LogP contribution in [0.1, 0.15) is 39.5 Å². The summed E-state index contributed by atoms with van der Waals surface area (Å²) in [7, 11) is 1.30. The largest absolute Gasteiger partial charge is 0.465 e. The van der Waals surface area contributed by atoms with Gasteiger partial charge in [0.05, 0.1) is 42.7 Å². The third-order valence-corrected chi connectivity index (χ3v) is 9.79. The summed E-state index contributed by atoms with van der Waals surface area (Å²) >= 11 is 5.99. The van der Waals surface area contributed by atoms with E-state index in [2.05, 4.69) is 26.3 Å². The van der Waals surface area contributed by atoms with Crippen molar-refractivity contribution in [2.24, 2.45) is 5.16 Å². The number of halogens is 2. The molecule has 0 spiro atoms. The van der Waals surface area contributed by atoms with Crippen LogP contribution in [-0.2, 0) is 30.3 Å². The first-order valence-electron chi connectivity index (χ1n) is 16.0. The highest BCUT2D eigenvalue weighted by atomic mass is 35.5. The van der Waals surface area contributed by atoms with Crippen LogP contribution in [0.4, 0.5) is 15.8 Å². The van der Waals surface area contributed by atoms with Gasteiger partial charge in [-0.3, -0.25) is 14.5 Å². The van der Waals surface area contributed by atoms with Crippen molar-refractivity contribution in [3.8, 4) is 0 Å². The predicted octanol–water partition coefficient (Wildman–Crippen LogP) is 4.04. The van der Waals surface area contributed by atoms with Gasteiger partial charge in [-0.1, -0.05) is 35.0 Å². The van der Waals surface area contributed by atoms with Crippen LogP contribution >= 0.6 is 11.6 Å². The molecule has 2 amide bonds. The fraction of sp³-hybridized carbons (Fsp3) is 0.371. The van der Waals surface area contributed by atoms with Crippen LogP contribution < -0.4 is 10.2 Å². The van der Waals surface area contributed by atoms with Crippen molar-refractivity contribution < 1.29 is 33.1 Å². The molecule has 11 nitrogen and oxygen atoms in total. The van der Waals surface area contributed by atoms with Crippen LogP contribution in [0.15, 0.2) is 65.8 Å². The average molecular weight is 676 g/mol. The molecule has 13 heteroatoms. The van der Waals surface area contributed by atoms with Gasteiger partial charge in [-0.25, -0.2) is 9.18 Å². The molecule has 3 aromatic carbocycles. The molecule has 250 valence electrons. The van der Waals surface area contributed by atoms with Crippen LogP contribution in [0.25, 0.3) is 0 Å². The number of oxime groups is 1. The molecule has 2 unspecified atom stereocenters. The molecule has 0 aromatic heterocycles. The van der Waals surface area contributed by atoms with Crippen LogP contribution in [0, 0.1) is 5.82 Å². The molecule has 3 aromatic rings. The number of fused-ring (bicyclic) bond motifs is 1. The van der Waals surface area contributed by atoms with Crippen molar-refractivity contribution in [3.63, 3.8) is 0 Å². The van der Waals surface area contributed by atoms with Crippen LogP contribution in [-0.4, -0.2) is 98.5 Å². The molecular weight excluding hydrogens is 641 g/mol. The Bertz CT molecular complexity index is 1760. The number of nitrogens with zero attached hydrogens (tertiary/aromatic N) is 4. The van der Waals surface area contributed by atoms with Crippen LogP contribution in [0.3, 0.4) is 0 Å². The van der Waals surface area contributed by atoms with Crippen LogP contribution in [0.2, 0.25) is 5.02 Å². The summed E-state index contributed by atoms with van der Waals surface area (Å²) in [6.45, 7) is 5.34. The lowest BCUT2D eigenvalue weighted by Gasteiger charge is -2.44. The first-order valence-corrected chi connectivity index (χ1v) is 16.4. The quantitative estimate of drug-likeness (QED) is 0.374. The number of nitrogens with one attached hydrogen (secondary N) is 1. The Morgan fingerprint density at radius 3 is 2.44 bits per heavy atom. The van der Waals surface area contributed by atoms with E-state index < -0.39 is 35.7 Å². The molecule has 2 saturated heterocycles. The third kappa shape index (κ3) is 6.11. The van der Waals surface area contributed by atoms with Crippen molar-refractivity contribution in [3.05, 3.63) is 93.8 Å². The van der Waals surface area contributed by atoms with Gasteiger partial charge in [-0.05, 0) is 60.0 Å². The van der Waals surface area contributed by atoms with E-state index in [0.29, 0.717) is 23.7 Å². The highest BCUT2D eigenvalue weighted by Gasteiger charge is 2.43. The van der Waals surface area contributed by atoms with Gasteiger partial charge in [-0.2, -0.15) is 0 Å². The topological polar surface area (TPSA) is 113 Å². The second-order valence-corrected chi connectivity index (χ2v) is 12.6. The van der Waals surface area contributed by atoms with E-state index in [1.54, 1.807) is 30.3 Å². The Labute approximate surface area is 282 Å². The van der Waals surface area contributed by atoms with E-state index in [0.717, 1.165) is 56.2 Å². The summed E-state index contributed by atoms with van der Waals surface area (Å²) in [6, 6.07) is 16.3. The lowest BCUT2D eigenvalue weighted by Crippen LogP contribution is -2.57. The van der Waals surface area contributed by atoms with E-state index >= 15 is 0 Å². The van der Waals surface area contributed by atoms with Gasteiger partial charge in [0.15, 0.2) is 5.82 Å². The molecule has 4 heterocycles. The number of ether oxygens (including phenoxy) is 2. The Morgan fingerprint density at radius 2 is 1.73 bits per heavy atom. The number of benzene rings is 3. The smallest absolute Gasteiger partial charge is 0.337 e. The van der Waals surface area contributed by atoms with Gasteiger partial charge >= 0.3 is 5.97 Å². The zero-order valence-corrected chi connectivity index (χ0v) is 27.1. The molecule has 0 aliphatic carbocycles. The van der Waals surface area contributed by atoms with Crippen LogP contribution in [0.5, 0.6) is 0 Å². The van der Waals surface area contributed by atoms with Crippen molar-refractivity contribution in [2.45, 2.75) is 31.0 Å². The van der Waals surface area contributed by atoms with Gasteiger partial charge in [0.1, 0.15) is 6.04 Å². The maximum Gasteiger partial charge on any atom is 0.337 e. The lowest BCUT2D eigenvalue weighted by atomic mass is 9.89. The van der Waals surface area contributed by atoms with E-state index in [-0.39, 0.29) is 29.3 Å². The molecule has 7 rings (SSSR count). The standard InChI is InChI=1S/C35H35ClFN5O6/c1-46-35(45)21-8-10-22(11-9-21)38-33(43)32-25-4-3-7-29(41-16-14-40(15-17-41)23-19-47-20-23)24(25)12-13-42(32)34(44)30-18-28(39-48-30)26-5-2-6-27(36)31(26)37/h2-11,23,30,32H,12-20H2,1H3,(H,38,43). The summed E-state index contributed by atoms with van der Waals surface area (Å²) in [6.07, 6.45) is -0.477. The third-order valence-electron chi connectivity index (χ3n) is 9.50. The van der Waals surface area contributed by atoms with E-state index in [4.69, 9.17) is 25.9 Å². The Kier molecular flexibility index (Phi) is 9.04. The van der Waals surface area contributed by atoms with Crippen molar-refractivity contribution in [1.82, 2.24) is 9.80 Å². The highest BCUT2D eigenvalue weighted by Crippen LogP contribution is 2.38. The monoisotopic (exact) mass is 675 g/mol. The number of amides is 2. The number of esters is 1. The Morgan fingerprint density at radius 1 is 0.979 bits per heavy atom. The number of piperazine rings is 1. The zero-order valence-electron chi connectivity index (χ0n) is 26.4. The average Bonchev–Trinajstić information content (AvgIpc) is 3.58. The first kappa shape index (κ1) is 32.0. The van der Waals surface area contributed by atoms with E-state index in [1.165, 1.54) is 24.1 Å². The number of rotatable bonds is 7. The molecular formula is C35H35ClFN5O6. The molecule has 0 saturated carbocycles. The highest BCUT2D eigenvalue weighted by molar-refractivity contribution is 6.31. The number of carbonyl (C=O) groups is 3. The maximum atomic E-state index is 14.8. The van der Waals surface area contributed by atoms with Gasteiger partial charge in [0, 0.05) is 56.1 Å².